The van der Waals surface area contributed by atoms with Gasteiger partial charge in [-0.05, 0) is 13.3 Å². The number of halogens is 1. The molecule has 8 nitrogen and oxygen atoms in total. The molecule has 2 saturated heterocycles. The smallest absolute Gasteiger partial charge is 0.353 e. The van der Waals surface area contributed by atoms with E-state index in [0.29, 0.717) is 6.04 Å². The number of nitrogens with one attached hydrogen (secondary N) is 1. The van der Waals surface area contributed by atoms with Gasteiger partial charge in [-0.3, -0.25) is 4.79 Å². The van der Waals surface area contributed by atoms with E-state index in [1.165, 1.54) is 10.6 Å². The van der Waals surface area contributed by atoms with Crippen LogP contribution in [0.25, 0.3) is 0 Å². The molecule has 30 heavy (non-hydrogen) atoms. The molecule has 3 N–H and O–H groups in total. The van der Waals surface area contributed by atoms with E-state index in [4.69, 9.17) is 0 Å². The first-order valence-corrected chi connectivity index (χ1v) is 11.0. The number of hydrogen-bond donors (Lipinski definition) is 3. The second kappa shape index (κ2) is 8.53. The highest BCUT2D eigenvalue weighted by Crippen LogP contribution is 2.51. The minimum Gasteiger partial charge on any atom is -1.00 e. The van der Waals surface area contributed by atoms with Crippen LogP contribution in [0.5, 0.6) is 0 Å². The number of carbonyl (C=O) groups excluding carboxylic acids is 1. The lowest BCUT2D eigenvalue weighted by Gasteiger charge is -2.46. The molecule has 1 aromatic rings. The second-order valence-electron chi connectivity index (χ2n) is 8.57. The molecular weight excluding hydrogens is 428 g/mol. The van der Waals surface area contributed by atoms with Crippen molar-refractivity contribution in [3.63, 3.8) is 0 Å². The number of aromatic nitrogens is 2. The Morgan fingerprint density at radius 3 is 2.73 bits per heavy atom. The number of aliphatic hydroxyl groups excluding tert-OH is 1. The summed E-state index contributed by atoms with van der Waals surface area (Å²) in [7, 11) is 4.05. The Kier molecular flexibility index (Phi) is 6.57. The van der Waals surface area contributed by atoms with Gasteiger partial charge >= 0.3 is 5.97 Å². The van der Waals surface area contributed by atoms with E-state index in [2.05, 4.69) is 16.1 Å². The van der Waals surface area contributed by atoms with Crippen LogP contribution in [0.2, 0.25) is 0 Å². The summed E-state index contributed by atoms with van der Waals surface area (Å²) in [5.74, 6) is -1.92. The highest BCUT2D eigenvalue weighted by atomic mass is 35.5. The monoisotopic (exact) mass is 456 g/mol. The summed E-state index contributed by atoms with van der Waals surface area (Å²) in [4.78, 5) is 26.6. The average molecular weight is 457 g/mol. The zero-order valence-electron chi connectivity index (χ0n) is 17.6. The third-order valence-corrected chi connectivity index (χ3v) is 7.91. The topological polar surface area (TPSA) is 98.7 Å². The van der Waals surface area contributed by atoms with Gasteiger partial charge in [-0.2, -0.15) is 0 Å². The second-order valence-corrected chi connectivity index (χ2v) is 9.91. The van der Waals surface area contributed by atoms with Crippen molar-refractivity contribution in [3.05, 3.63) is 28.8 Å². The number of aryl methyl sites for hydroxylation is 2. The van der Waals surface area contributed by atoms with E-state index in [0.717, 1.165) is 24.3 Å². The van der Waals surface area contributed by atoms with Crippen molar-refractivity contribution in [1.82, 2.24) is 14.8 Å². The lowest BCUT2D eigenvalue weighted by atomic mass is 9.79. The first-order valence-electron chi connectivity index (χ1n) is 10.1. The van der Waals surface area contributed by atoms with Gasteiger partial charge in [-0.1, -0.05) is 6.92 Å². The van der Waals surface area contributed by atoms with Gasteiger partial charge in [0.15, 0.2) is 0 Å². The standard InChI is InChI=1S/C20H28N4O4S.ClH/c1-10-16-15(11(2)25)19(26)24(16)17(20(27)28)18(10)29-14-6-12(21-7-14)5-13-8-22(3)9-23(13)4;/h8-12,14-16,21,25H,5-7H2,1-4H3;1H/t10-,11-,12-,14+,15-,16-;/m1./s1. The van der Waals surface area contributed by atoms with Gasteiger partial charge in [0, 0.05) is 35.1 Å². The Labute approximate surface area is 186 Å². The van der Waals surface area contributed by atoms with Crippen LogP contribution in [0.3, 0.4) is 0 Å². The molecule has 6 atom stereocenters. The number of carboxylic acid groups (broad SMARTS) is 1. The fourth-order valence-electron chi connectivity index (χ4n) is 5.04. The number of thioether (sulfide) groups is 1. The summed E-state index contributed by atoms with van der Waals surface area (Å²) in [6, 6.07) is 0.0974. The number of carbonyl (C=O) groups is 2. The van der Waals surface area contributed by atoms with E-state index in [1.54, 1.807) is 18.7 Å². The SMILES string of the molecule is C[C@@H](O)[C@H]1C(=O)N2C(C(=O)O)=C(S[C@@H]3CN[C@H](Cc4c[n+](C)cn4C)C3)[C@H](C)[C@H]12.[Cl-]. The molecule has 2 fully saturated rings. The maximum atomic E-state index is 12.5. The summed E-state index contributed by atoms with van der Waals surface area (Å²) >= 11 is 1.60. The van der Waals surface area contributed by atoms with Crippen LogP contribution in [-0.2, 0) is 30.1 Å². The maximum Gasteiger partial charge on any atom is 0.353 e. The zero-order valence-corrected chi connectivity index (χ0v) is 19.2. The molecule has 0 spiro atoms. The lowest BCUT2D eigenvalue weighted by molar-refractivity contribution is -0.671. The summed E-state index contributed by atoms with van der Waals surface area (Å²) in [5.41, 5.74) is 1.37. The predicted molar refractivity (Wildman–Crippen MR) is 108 cm³/mol. The Morgan fingerprint density at radius 1 is 1.47 bits per heavy atom. The molecule has 0 aromatic carbocycles. The number of nitrogens with zero attached hydrogens (tertiary/aromatic N) is 3. The molecule has 4 heterocycles. The van der Waals surface area contributed by atoms with Crippen LogP contribution in [0, 0.1) is 11.8 Å². The summed E-state index contributed by atoms with van der Waals surface area (Å²) in [5, 5.41) is 23.6. The van der Waals surface area contributed by atoms with Gasteiger partial charge in [-0.25, -0.2) is 13.9 Å². The van der Waals surface area contributed by atoms with Crippen molar-refractivity contribution in [2.24, 2.45) is 25.9 Å². The van der Waals surface area contributed by atoms with E-state index in [1.807, 2.05) is 31.9 Å². The van der Waals surface area contributed by atoms with Gasteiger partial charge in [0.05, 0.1) is 32.2 Å². The van der Waals surface area contributed by atoms with Gasteiger partial charge in [0.25, 0.3) is 0 Å². The first kappa shape index (κ1) is 23.1. The number of β-lactam (4-membered cyclic amide) rings is 1. The molecule has 10 heteroatoms. The lowest BCUT2D eigenvalue weighted by Crippen LogP contribution is -3.00. The van der Waals surface area contributed by atoms with Crippen LogP contribution in [0.4, 0.5) is 0 Å². The summed E-state index contributed by atoms with van der Waals surface area (Å²) < 4.78 is 4.17. The fraction of sp³-hybridized carbons (Fsp3) is 0.650. The van der Waals surface area contributed by atoms with Crippen LogP contribution < -0.4 is 22.3 Å². The average Bonchev–Trinajstić information content (AvgIpc) is 3.26. The van der Waals surface area contributed by atoms with Gasteiger partial charge < -0.3 is 32.8 Å². The number of imidazole rings is 1. The van der Waals surface area contributed by atoms with E-state index >= 15 is 0 Å². The van der Waals surface area contributed by atoms with Crippen LogP contribution in [0.1, 0.15) is 26.0 Å². The number of aliphatic hydroxyl groups is 1. The van der Waals surface area contributed by atoms with Crippen LogP contribution >= 0.6 is 11.8 Å². The fourth-order valence-corrected chi connectivity index (χ4v) is 6.56. The molecule has 1 aromatic heterocycles. The molecule has 1 amide bonds. The normalized spacial score (nSPS) is 31.4. The Morgan fingerprint density at radius 2 is 2.17 bits per heavy atom. The Hall–Kier alpha value is -1.55. The maximum absolute atomic E-state index is 12.5. The number of amides is 1. The molecule has 3 aliphatic heterocycles. The third-order valence-electron chi connectivity index (χ3n) is 6.40. The molecule has 166 valence electrons. The summed E-state index contributed by atoms with van der Waals surface area (Å²) in [6.45, 7) is 4.39. The van der Waals surface area contributed by atoms with Crippen molar-refractivity contribution in [3.8, 4) is 0 Å². The van der Waals surface area contributed by atoms with E-state index < -0.39 is 18.0 Å². The van der Waals surface area contributed by atoms with E-state index in [9.17, 15) is 19.8 Å². The molecule has 0 aliphatic carbocycles. The first-order chi connectivity index (χ1) is 13.7. The van der Waals surface area contributed by atoms with Crippen molar-refractivity contribution in [2.45, 2.75) is 50.1 Å². The Balaban J connectivity index is 0.00000256. The number of rotatable bonds is 6. The highest BCUT2D eigenvalue weighted by Gasteiger charge is 2.60. The van der Waals surface area contributed by atoms with Crippen molar-refractivity contribution < 1.29 is 36.8 Å². The van der Waals surface area contributed by atoms with Crippen molar-refractivity contribution >= 4 is 23.6 Å². The number of carboxylic acids is 1. The number of fused-ring (bicyclic) bond motifs is 1. The van der Waals surface area contributed by atoms with Gasteiger partial charge in [0.1, 0.15) is 17.6 Å². The minimum atomic E-state index is -1.06. The molecular formula is C20H29ClN4O4S. The molecule has 0 unspecified atom stereocenters. The Bertz CT molecular complexity index is 886. The predicted octanol–water partition coefficient (Wildman–Crippen LogP) is -2.99. The largest absolute Gasteiger partial charge is 1.00 e. The quantitative estimate of drug-likeness (QED) is 0.312. The number of aliphatic carboxylic acids is 1. The zero-order chi connectivity index (χ0) is 21.0. The molecule has 0 saturated carbocycles. The van der Waals surface area contributed by atoms with Crippen LogP contribution in [0.15, 0.2) is 23.1 Å². The van der Waals surface area contributed by atoms with E-state index in [-0.39, 0.29) is 41.2 Å². The molecule has 4 rings (SSSR count). The number of hydrogen-bond acceptors (Lipinski definition) is 5. The van der Waals surface area contributed by atoms with Crippen LogP contribution in [-0.4, -0.2) is 61.5 Å². The molecule has 3 aliphatic rings. The third kappa shape index (κ3) is 3.77. The molecule has 0 radical (unpaired) electrons. The minimum absolute atomic E-state index is 0. The van der Waals surface area contributed by atoms with Gasteiger partial charge in [0.2, 0.25) is 12.2 Å². The highest BCUT2D eigenvalue weighted by molar-refractivity contribution is 8.03. The van der Waals surface area contributed by atoms with Crippen molar-refractivity contribution in [1.29, 1.82) is 0 Å². The van der Waals surface area contributed by atoms with Gasteiger partial charge in [-0.15, -0.1) is 11.8 Å². The molecule has 0 bridgehead atoms. The van der Waals surface area contributed by atoms with Crippen molar-refractivity contribution in [2.75, 3.05) is 6.54 Å². The summed E-state index contributed by atoms with van der Waals surface area (Å²) in [6.07, 6.45) is 5.27.